The van der Waals surface area contributed by atoms with Crippen LogP contribution in [0.5, 0.6) is 5.75 Å². The maximum absolute atomic E-state index is 8.93. The first-order chi connectivity index (χ1) is 9.72. The molecular weight excluding hydrogens is 320 g/mol. The minimum Gasteiger partial charge on any atom is -0.484 e. The van der Waals surface area contributed by atoms with E-state index in [1.165, 1.54) is 0 Å². The molecule has 2 heterocycles. The van der Waals surface area contributed by atoms with E-state index in [1.54, 1.807) is 0 Å². The predicted octanol–water partition coefficient (Wildman–Crippen LogP) is 3.44. The van der Waals surface area contributed by atoms with E-state index in [1.807, 2.05) is 24.4 Å². The van der Waals surface area contributed by atoms with E-state index in [0.717, 1.165) is 47.4 Å². The molecule has 0 radical (unpaired) electrons. The summed E-state index contributed by atoms with van der Waals surface area (Å²) in [6.45, 7) is 1.34. The summed E-state index contributed by atoms with van der Waals surface area (Å²) in [4.78, 5) is 4.01. The van der Waals surface area contributed by atoms with Crippen LogP contribution in [-0.2, 0) is 4.74 Å². The van der Waals surface area contributed by atoms with Gasteiger partial charge in [-0.2, -0.15) is 10.3 Å². The lowest BCUT2D eigenvalue weighted by Gasteiger charge is -2.38. The second-order valence-corrected chi connectivity index (χ2v) is 6.19. The van der Waals surface area contributed by atoms with Crippen LogP contribution in [0.2, 0.25) is 0 Å². The van der Waals surface area contributed by atoms with Gasteiger partial charge in [0.15, 0.2) is 0 Å². The molecule has 4 nitrogen and oxygen atoms in total. The molecule has 5 heteroatoms. The monoisotopic (exact) mass is 334 g/mol. The lowest BCUT2D eigenvalue weighted by Crippen LogP contribution is -2.45. The Kier molecular flexibility index (Phi) is 3.77. The topological polar surface area (TPSA) is 54.6 Å². The number of ether oxygens (including phenoxy) is 2. The van der Waals surface area contributed by atoms with Crippen molar-refractivity contribution in [2.45, 2.75) is 31.3 Å². The van der Waals surface area contributed by atoms with Crippen molar-refractivity contribution >= 4 is 21.6 Å². The second kappa shape index (κ2) is 5.55. The third-order valence-corrected chi connectivity index (χ3v) is 4.28. The summed E-state index contributed by atoms with van der Waals surface area (Å²) in [5.74, 6) is 0.791. The quantitative estimate of drug-likeness (QED) is 0.683. The number of aliphatic imine (C=N–C) groups is 1. The molecule has 1 fully saturated rings. The van der Waals surface area contributed by atoms with Gasteiger partial charge in [0.2, 0.25) is 6.19 Å². The minimum absolute atomic E-state index is 0.368. The summed E-state index contributed by atoms with van der Waals surface area (Å²) >= 11 is 3.45. The average molecular weight is 335 g/mol. The van der Waals surface area contributed by atoms with E-state index >= 15 is 0 Å². The fraction of sp³-hybridized carbons (Fsp3) is 0.467. The first-order valence-electron chi connectivity index (χ1n) is 6.75. The predicted molar refractivity (Wildman–Crippen MR) is 78.9 cm³/mol. The zero-order valence-electron chi connectivity index (χ0n) is 11.1. The molecule has 1 unspecified atom stereocenters. The van der Waals surface area contributed by atoms with Gasteiger partial charge in [-0.15, -0.1) is 0 Å². The van der Waals surface area contributed by atoms with Crippen LogP contribution in [-0.4, -0.2) is 24.5 Å². The Bertz CT molecular complexity index is 584. The van der Waals surface area contributed by atoms with Crippen LogP contribution in [0.3, 0.4) is 0 Å². The molecule has 1 aromatic carbocycles. The summed E-state index contributed by atoms with van der Waals surface area (Å²) in [6.07, 6.45) is 5.61. The number of rotatable bonds is 0. The Labute approximate surface area is 126 Å². The van der Waals surface area contributed by atoms with Crippen molar-refractivity contribution in [1.82, 2.24) is 0 Å². The van der Waals surface area contributed by atoms with Crippen molar-refractivity contribution in [2.75, 3.05) is 13.2 Å². The zero-order chi connectivity index (χ0) is 14.0. The molecule has 1 atom stereocenters. The maximum atomic E-state index is 8.93. The van der Waals surface area contributed by atoms with Crippen LogP contribution in [0.1, 0.15) is 31.2 Å². The van der Waals surface area contributed by atoms with Gasteiger partial charge in [-0.1, -0.05) is 15.9 Å². The molecule has 0 amide bonds. The standard InChI is InChI=1S/C15H15BrN2O2/c16-11-3-4-14-12(7-11)13(18-10-17)8-15(20-14)5-1-2-6-19-9-15/h3-4,7H,1-2,5-6,8-9H2. The Morgan fingerprint density at radius 2 is 2.25 bits per heavy atom. The highest BCUT2D eigenvalue weighted by molar-refractivity contribution is 9.10. The highest BCUT2D eigenvalue weighted by Gasteiger charge is 2.40. The van der Waals surface area contributed by atoms with Crippen molar-refractivity contribution < 1.29 is 9.47 Å². The fourth-order valence-electron chi connectivity index (χ4n) is 2.85. The van der Waals surface area contributed by atoms with E-state index in [9.17, 15) is 0 Å². The molecule has 104 valence electrons. The Hall–Kier alpha value is -1.38. The van der Waals surface area contributed by atoms with Gasteiger partial charge in [0.05, 0.1) is 12.3 Å². The Morgan fingerprint density at radius 1 is 1.35 bits per heavy atom. The number of halogens is 1. The summed E-state index contributed by atoms with van der Waals surface area (Å²) in [6, 6.07) is 5.83. The Morgan fingerprint density at radius 3 is 3.10 bits per heavy atom. The summed E-state index contributed by atoms with van der Waals surface area (Å²) in [5.41, 5.74) is 1.32. The van der Waals surface area contributed by atoms with Crippen LogP contribution in [0, 0.1) is 11.5 Å². The minimum atomic E-state index is -0.368. The average Bonchev–Trinajstić information content (AvgIpc) is 2.66. The summed E-state index contributed by atoms with van der Waals surface area (Å²) < 4.78 is 12.9. The fourth-order valence-corrected chi connectivity index (χ4v) is 3.21. The number of benzene rings is 1. The first-order valence-corrected chi connectivity index (χ1v) is 7.54. The highest BCUT2D eigenvalue weighted by Crippen LogP contribution is 2.39. The van der Waals surface area contributed by atoms with Crippen molar-refractivity contribution in [1.29, 1.82) is 5.26 Å². The van der Waals surface area contributed by atoms with Gasteiger partial charge in [-0.3, -0.25) is 0 Å². The molecule has 0 bridgehead atoms. The first kappa shape index (κ1) is 13.6. The SMILES string of the molecule is N#CN=C1CC2(CCCCOC2)Oc2ccc(Br)cc21. The highest BCUT2D eigenvalue weighted by atomic mass is 79.9. The van der Waals surface area contributed by atoms with Gasteiger partial charge in [-0.25, -0.2) is 0 Å². The van der Waals surface area contributed by atoms with Gasteiger partial charge in [0.1, 0.15) is 11.4 Å². The van der Waals surface area contributed by atoms with Gasteiger partial charge < -0.3 is 9.47 Å². The maximum Gasteiger partial charge on any atom is 0.205 e. The molecule has 20 heavy (non-hydrogen) atoms. The molecule has 1 aromatic rings. The Balaban J connectivity index is 2.03. The van der Waals surface area contributed by atoms with E-state index in [4.69, 9.17) is 14.7 Å². The lowest BCUT2D eigenvalue weighted by atomic mass is 9.86. The second-order valence-electron chi connectivity index (χ2n) is 5.27. The molecule has 0 aliphatic carbocycles. The molecule has 2 aliphatic rings. The van der Waals surface area contributed by atoms with Gasteiger partial charge in [-0.05, 0) is 37.5 Å². The van der Waals surface area contributed by atoms with E-state index < -0.39 is 0 Å². The molecule has 2 aliphatic heterocycles. The van der Waals surface area contributed by atoms with Crippen LogP contribution >= 0.6 is 15.9 Å². The van der Waals surface area contributed by atoms with Crippen LogP contribution in [0.15, 0.2) is 27.7 Å². The lowest BCUT2D eigenvalue weighted by molar-refractivity contribution is -0.0153. The molecule has 0 aromatic heterocycles. The van der Waals surface area contributed by atoms with Gasteiger partial charge >= 0.3 is 0 Å². The largest absolute Gasteiger partial charge is 0.484 e. The van der Waals surface area contributed by atoms with Crippen molar-refractivity contribution in [3.63, 3.8) is 0 Å². The summed E-state index contributed by atoms with van der Waals surface area (Å²) in [7, 11) is 0. The third kappa shape index (κ3) is 2.58. The number of fused-ring (bicyclic) bond motifs is 1. The smallest absolute Gasteiger partial charge is 0.205 e. The molecule has 0 N–H and O–H groups in total. The van der Waals surface area contributed by atoms with E-state index in [2.05, 4.69) is 20.9 Å². The van der Waals surface area contributed by atoms with Gasteiger partial charge in [0, 0.05) is 23.1 Å². The van der Waals surface area contributed by atoms with E-state index in [0.29, 0.717) is 13.0 Å². The van der Waals surface area contributed by atoms with Crippen LogP contribution in [0.25, 0.3) is 0 Å². The number of nitriles is 1. The number of nitrogens with zero attached hydrogens (tertiary/aromatic N) is 2. The van der Waals surface area contributed by atoms with E-state index in [-0.39, 0.29) is 5.60 Å². The van der Waals surface area contributed by atoms with Crippen molar-refractivity contribution in [2.24, 2.45) is 4.99 Å². The molecule has 1 saturated heterocycles. The van der Waals surface area contributed by atoms with Crippen molar-refractivity contribution in [3.8, 4) is 11.9 Å². The van der Waals surface area contributed by atoms with Crippen LogP contribution < -0.4 is 4.74 Å². The number of hydrogen-bond acceptors (Lipinski definition) is 4. The van der Waals surface area contributed by atoms with Crippen molar-refractivity contribution in [3.05, 3.63) is 28.2 Å². The molecule has 3 rings (SSSR count). The third-order valence-electron chi connectivity index (χ3n) is 3.79. The molecule has 0 saturated carbocycles. The van der Waals surface area contributed by atoms with Crippen LogP contribution in [0.4, 0.5) is 0 Å². The molecular formula is C15H15BrN2O2. The normalized spacial score (nSPS) is 27.5. The van der Waals surface area contributed by atoms with Gasteiger partial charge in [0.25, 0.3) is 0 Å². The summed E-state index contributed by atoms with van der Waals surface area (Å²) in [5, 5.41) is 8.93. The molecule has 1 spiro atoms. The number of hydrogen-bond donors (Lipinski definition) is 0. The zero-order valence-corrected chi connectivity index (χ0v) is 12.6.